The second kappa shape index (κ2) is 6.70. The molecule has 0 atom stereocenters. The van der Waals surface area contributed by atoms with Crippen LogP contribution in [0.1, 0.15) is 24.0 Å². The van der Waals surface area contributed by atoms with Gasteiger partial charge in [-0.3, -0.25) is 9.59 Å². The number of aryl methyl sites for hydroxylation is 2. The zero-order valence-electron chi connectivity index (χ0n) is 14.0. The van der Waals surface area contributed by atoms with Crippen molar-refractivity contribution in [2.24, 2.45) is 5.41 Å². The van der Waals surface area contributed by atoms with E-state index in [1.165, 1.54) is 0 Å². The lowest BCUT2D eigenvalue weighted by Crippen LogP contribution is -2.35. The zero-order chi connectivity index (χ0) is 18.2. The van der Waals surface area contributed by atoms with E-state index in [2.05, 4.69) is 10.6 Å². The summed E-state index contributed by atoms with van der Waals surface area (Å²) in [5.74, 6) is -0.627. The number of rotatable bonds is 4. The Hall–Kier alpha value is -2.04. The highest BCUT2D eigenvalue weighted by molar-refractivity contribution is 6.32. The number of carbonyl (C=O) groups excluding carboxylic acids is 2. The maximum Gasteiger partial charge on any atom is 0.240 e. The van der Waals surface area contributed by atoms with Gasteiger partial charge in [0, 0.05) is 21.4 Å². The normalized spacial score (nSPS) is 14.7. The predicted octanol–water partition coefficient (Wildman–Crippen LogP) is 4.97. The molecule has 6 heteroatoms. The summed E-state index contributed by atoms with van der Waals surface area (Å²) < 4.78 is 0. The van der Waals surface area contributed by atoms with Crippen molar-refractivity contribution in [2.75, 3.05) is 10.6 Å². The van der Waals surface area contributed by atoms with Gasteiger partial charge in [-0.15, -0.1) is 0 Å². The zero-order valence-corrected chi connectivity index (χ0v) is 15.5. The van der Waals surface area contributed by atoms with Crippen molar-refractivity contribution in [2.45, 2.75) is 26.7 Å². The second-order valence-electron chi connectivity index (χ2n) is 6.41. The number of anilines is 2. The molecule has 2 N–H and O–H groups in total. The van der Waals surface area contributed by atoms with Crippen molar-refractivity contribution >= 4 is 46.4 Å². The fourth-order valence-corrected chi connectivity index (χ4v) is 2.93. The summed E-state index contributed by atoms with van der Waals surface area (Å²) in [7, 11) is 0. The van der Waals surface area contributed by atoms with Crippen LogP contribution in [0.15, 0.2) is 36.4 Å². The third-order valence-electron chi connectivity index (χ3n) is 4.50. The quantitative estimate of drug-likeness (QED) is 0.740. The van der Waals surface area contributed by atoms with Crippen molar-refractivity contribution in [3.05, 3.63) is 57.6 Å². The average Bonchev–Trinajstić information content (AvgIpc) is 3.36. The molecule has 1 fully saturated rings. The molecule has 1 aliphatic carbocycles. The predicted molar refractivity (Wildman–Crippen MR) is 101 cm³/mol. The molecule has 0 unspecified atom stereocenters. The minimum absolute atomic E-state index is 0.312. The molecule has 3 rings (SSSR count). The lowest BCUT2D eigenvalue weighted by Gasteiger charge is -2.17. The fourth-order valence-electron chi connectivity index (χ4n) is 2.57. The van der Waals surface area contributed by atoms with Crippen molar-refractivity contribution in [1.29, 1.82) is 0 Å². The van der Waals surface area contributed by atoms with Crippen LogP contribution in [0.2, 0.25) is 10.0 Å². The molecule has 25 heavy (non-hydrogen) atoms. The van der Waals surface area contributed by atoms with Crippen LogP contribution < -0.4 is 10.6 Å². The summed E-state index contributed by atoms with van der Waals surface area (Å²) >= 11 is 12.1. The van der Waals surface area contributed by atoms with Crippen molar-refractivity contribution in [3.63, 3.8) is 0 Å². The standard InChI is InChI=1S/C19H18Cl2N2O2/c1-11-4-6-14(10-15(11)21)22-17(24)19(7-8-19)18(25)23-16-9-13(20)5-3-12(16)2/h3-6,9-10H,7-8H2,1-2H3,(H,22,24)(H,23,25). The molecule has 0 aromatic heterocycles. The van der Waals surface area contributed by atoms with Gasteiger partial charge in [0.15, 0.2) is 0 Å². The Morgan fingerprint density at radius 3 is 2.20 bits per heavy atom. The lowest BCUT2D eigenvalue weighted by molar-refractivity contribution is -0.131. The minimum Gasteiger partial charge on any atom is -0.325 e. The number of halogens is 2. The summed E-state index contributed by atoms with van der Waals surface area (Å²) in [6.45, 7) is 3.76. The number of carbonyl (C=O) groups is 2. The van der Waals surface area contributed by atoms with Gasteiger partial charge in [0.1, 0.15) is 5.41 Å². The molecule has 1 saturated carbocycles. The second-order valence-corrected chi connectivity index (χ2v) is 7.26. The Bertz CT molecular complexity index is 860. The molecule has 0 spiro atoms. The molecule has 0 aliphatic heterocycles. The third-order valence-corrected chi connectivity index (χ3v) is 5.14. The molecule has 0 bridgehead atoms. The van der Waals surface area contributed by atoms with E-state index in [-0.39, 0.29) is 11.8 Å². The Kier molecular flexibility index (Phi) is 4.76. The molecule has 0 heterocycles. The fraction of sp³-hybridized carbons (Fsp3) is 0.263. The van der Waals surface area contributed by atoms with Gasteiger partial charge in [0.25, 0.3) is 0 Å². The first kappa shape index (κ1) is 17.8. The number of nitrogens with one attached hydrogen (secondary N) is 2. The van der Waals surface area contributed by atoms with Gasteiger partial charge >= 0.3 is 0 Å². The van der Waals surface area contributed by atoms with Gasteiger partial charge in [-0.25, -0.2) is 0 Å². The van der Waals surface area contributed by atoms with Crippen LogP contribution in [0.25, 0.3) is 0 Å². The van der Waals surface area contributed by atoms with Crippen molar-refractivity contribution in [3.8, 4) is 0 Å². The molecule has 0 radical (unpaired) electrons. The Balaban J connectivity index is 1.74. The Morgan fingerprint density at radius 2 is 1.56 bits per heavy atom. The van der Waals surface area contributed by atoms with Crippen LogP contribution in [-0.2, 0) is 9.59 Å². The molecule has 2 aromatic carbocycles. The number of hydrogen-bond acceptors (Lipinski definition) is 2. The number of hydrogen-bond donors (Lipinski definition) is 2. The van der Waals surface area contributed by atoms with Crippen molar-refractivity contribution in [1.82, 2.24) is 0 Å². The molecule has 2 aromatic rings. The number of benzene rings is 2. The van der Waals surface area contributed by atoms with E-state index >= 15 is 0 Å². The highest BCUT2D eigenvalue weighted by atomic mass is 35.5. The van der Waals surface area contributed by atoms with Crippen LogP contribution in [0.4, 0.5) is 11.4 Å². The maximum atomic E-state index is 12.7. The van der Waals surface area contributed by atoms with E-state index in [4.69, 9.17) is 23.2 Å². The van der Waals surface area contributed by atoms with Crippen LogP contribution in [0.3, 0.4) is 0 Å². The van der Waals surface area contributed by atoms with E-state index in [0.29, 0.717) is 34.3 Å². The van der Waals surface area contributed by atoms with E-state index in [1.54, 1.807) is 24.3 Å². The van der Waals surface area contributed by atoms with E-state index in [9.17, 15) is 9.59 Å². The Labute approximate surface area is 156 Å². The largest absolute Gasteiger partial charge is 0.325 e. The number of amides is 2. The van der Waals surface area contributed by atoms with E-state index < -0.39 is 5.41 Å². The molecule has 0 saturated heterocycles. The summed E-state index contributed by atoms with van der Waals surface area (Å²) in [4.78, 5) is 25.3. The lowest BCUT2D eigenvalue weighted by atomic mass is 10.0. The molecular formula is C19H18Cl2N2O2. The van der Waals surface area contributed by atoms with Gasteiger partial charge in [-0.05, 0) is 62.1 Å². The van der Waals surface area contributed by atoms with Gasteiger partial charge in [-0.2, -0.15) is 0 Å². The van der Waals surface area contributed by atoms with Gasteiger partial charge in [0.05, 0.1) is 0 Å². The molecule has 2 amide bonds. The van der Waals surface area contributed by atoms with Crippen LogP contribution in [0.5, 0.6) is 0 Å². The Morgan fingerprint density at radius 1 is 0.920 bits per heavy atom. The molecule has 4 nitrogen and oxygen atoms in total. The monoisotopic (exact) mass is 376 g/mol. The van der Waals surface area contributed by atoms with Gasteiger partial charge in [0.2, 0.25) is 11.8 Å². The molecule has 130 valence electrons. The van der Waals surface area contributed by atoms with E-state index in [1.807, 2.05) is 26.0 Å². The first-order valence-corrected chi connectivity index (χ1v) is 8.73. The van der Waals surface area contributed by atoms with Crippen LogP contribution in [0, 0.1) is 19.3 Å². The molecular weight excluding hydrogens is 359 g/mol. The third kappa shape index (κ3) is 3.65. The van der Waals surface area contributed by atoms with Crippen molar-refractivity contribution < 1.29 is 9.59 Å². The SMILES string of the molecule is Cc1ccc(NC(=O)C2(C(=O)Nc3cc(Cl)ccc3C)CC2)cc1Cl. The highest BCUT2D eigenvalue weighted by Gasteiger charge is 2.56. The summed E-state index contributed by atoms with van der Waals surface area (Å²) in [6.07, 6.45) is 1.04. The van der Waals surface area contributed by atoms with Gasteiger partial charge < -0.3 is 10.6 Å². The van der Waals surface area contributed by atoms with Crippen LogP contribution >= 0.6 is 23.2 Å². The summed E-state index contributed by atoms with van der Waals surface area (Å²) in [6, 6.07) is 10.5. The molecule has 1 aliphatic rings. The average molecular weight is 377 g/mol. The topological polar surface area (TPSA) is 58.2 Å². The maximum absolute atomic E-state index is 12.7. The smallest absolute Gasteiger partial charge is 0.240 e. The van der Waals surface area contributed by atoms with Gasteiger partial charge in [-0.1, -0.05) is 35.3 Å². The van der Waals surface area contributed by atoms with Crippen LogP contribution in [-0.4, -0.2) is 11.8 Å². The summed E-state index contributed by atoms with van der Waals surface area (Å²) in [5.41, 5.74) is 1.98. The highest BCUT2D eigenvalue weighted by Crippen LogP contribution is 2.47. The first-order valence-electron chi connectivity index (χ1n) is 7.97. The van der Waals surface area contributed by atoms with E-state index in [0.717, 1.165) is 11.1 Å². The first-order chi connectivity index (χ1) is 11.8. The summed E-state index contributed by atoms with van der Waals surface area (Å²) in [5, 5.41) is 6.73. The minimum atomic E-state index is -1.04.